The highest BCUT2D eigenvalue weighted by Crippen LogP contribution is 2.48. The summed E-state index contributed by atoms with van der Waals surface area (Å²) in [6.07, 6.45) is 0. The third-order valence-corrected chi connectivity index (χ3v) is 9.87. The largest absolute Gasteiger partial charge is 0.280 e. The third kappa shape index (κ3) is 1.89. The number of hydrogen-bond donors (Lipinski definition) is 2. The van der Waals surface area contributed by atoms with E-state index in [4.69, 9.17) is 5.84 Å². The minimum absolute atomic E-state index is 0.292. The van der Waals surface area contributed by atoms with Crippen LogP contribution in [0.1, 0.15) is 41.5 Å². The molecule has 0 spiro atoms. The Morgan fingerprint density at radius 1 is 0.917 bits per heavy atom. The molecule has 3 N–H and O–H groups in total. The molecule has 0 saturated carbocycles. The minimum Gasteiger partial charge on any atom is -0.280 e. The van der Waals surface area contributed by atoms with Crippen molar-refractivity contribution in [1.82, 2.24) is 5.09 Å². The molecular weight excluding hydrogens is 164 g/mol. The summed E-state index contributed by atoms with van der Waals surface area (Å²) in [5.41, 5.74) is 0. The Morgan fingerprint density at radius 2 is 1.17 bits per heavy atom. The minimum atomic E-state index is -1.60. The van der Waals surface area contributed by atoms with Crippen LogP contribution >= 0.6 is 0 Å². The zero-order valence-corrected chi connectivity index (χ0v) is 10.6. The molecule has 0 unspecified atom stereocenters. The van der Waals surface area contributed by atoms with Crippen LogP contribution in [0.4, 0.5) is 0 Å². The van der Waals surface area contributed by atoms with Crippen LogP contribution in [0.3, 0.4) is 0 Å². The Labute approximate surface area is 78.0 Å². The van der Waals surface area contributed by atoms with E-state index in [1.54, 1.807) is 0 Å². The number of nitrogens with two attached hydrogens (primary N) is 1. The van der Waals surface area contributed by atoms with Gasteiger partial charge >= 0.3 is 0 Å². The van der Waals surface area contributed by atoms with Gasteiger partial charge in [0.25, 0.3) is 0 Å². The van der Waals surface area contributed by atoms with Crippen molar-refractivity contribution in [3.8, 4) is 0 Å². The first-order valence-corrected chi connectivity index (χ1v) is 7.04. The Bertz CT molecular complexity index is 139. The van der Waals surface area contributed by atoms with E-state index in [0.29, 0.717) is 10.1 Å². The summed E-state index contributed by atoms with van der Waals surface area (Å²) in [7, 11) is -1.60. The van der Waals surface area contributed by atoms with Gasteiger partial charge in [-0.3, -0.25) is 10.9 Å². The van der Waals surface area contributed by atoms with Gasteiger partial charge in [0.15, 0.2) is 0 Å². The number of nitrogens with one attached hydrogen (secondary N) is 1. The topological polar surface area (TPSA) is 38.0 Å². The Kier molecular flexibility index (Phi) is 3.16. The van der Waals surface area contributed by atoms with Gasteiger partial charge in [0.05, 0.1) is 0 Å². The molecule has 0 rings (SSSR count). The third-order valence-electron chi connectivity index (χ3n) is 3.29. The Balaban J connectivity index is 4.95. The fourth-order valence-corrected chi connectivity index (χ4v) is 4.67. The van der Waals surface area contributed by atoms with Crippen molar-refractivity contribution in [2.75, 3.05) is 0 Å². The molecule has 0 aliphatic rings. The highest BCUT2D eigenvalue weighted by molar-refractivity contribution is 6.81. The van der Waals surface area contributed by atoms with Crippen LogP contribution in [0.2, 0.25) is 16.6 Å². The summed E-state index contributed by atoms with van der Waals surface area (Å²) in [6.45, 7) is 15.9. The van der Waals surface area contributed by atoms with Gasteiger partial charge in [-0.15, -0.1) is 0 Å². The lowest BCUT2D eigenvalue weighted by molar-refractivity contribution is 0.587. The maximum atomic E-state index is 5.69. The van der Waals surface area contributed by atoms with Gasteiger partial charge < -0.3 is 0 Å². The quantitative estimate of drug-likeness (QED) is 0.377. The van der Waals surface area contributed by atoms with Crippen LogP contribution in [-0.2, 0) is 0 Å². The zero-order valence-electron chi connectivity index (χ0n) is 9.58. The molecule has 0 fully saturated rings. The van der Waals surface area contributed by atoms with Crippen LogP contribution in [0.15, 0.2) is 0 Å². The van der Waals surface area contributed by atoms with Gasteiger partial charge in [-0.1, -0.05) is 48.1 Å². The maximum absolute atomic E-state index is 5.69. The highest BCUT2D eigenvalue weighted by atomic mass is 28.3. The predicted octanol–water partition coefficient (Wildman–Crippen LogP) is 2.63. The fourth-order valence-electron chi connectivity index (χ4n) is 1.56. The lowest BCUT2D eigenvalue weighted by Crippen LogP contribution is -2.63. The summed E-state index contributed by atoms with van der Waals surface area (Å²) in [5.74, 6) is 5.69. The summed E-state index contributed by atoms with van der Waals surface area (Å²) in [4.78, 5) is 0. The molecule has 0 radical (unpaired) electrons. The summed E-state index contributed by atoms with van der Waals surface area (Å²) in [5, 5.41) is 3.68. The second-order valence-corrected chi connectivity index (χ2v) is 11.3. The van der Waals surface area contributed by atoms with Crippen molar-refractivity contribution in [1.29, 1.82) is 0 Å². The van der Waals surface area contributed by atoms with Gasteiger partial charge in [-0.25, -0.2) is 0 Å². The molecule has 0 saturated heterocycles. The van der Waals surface area contributed by atoms with Gasteiger partial charge in [0.1, 0.15) is 8.24 Å². The summed E-state index contributed by atoms with van der Waals surface area (Å²) in [6, 6.07) is 0. The molecule has 0 aromatic carbocycles. The van der Waals surface area contributed by atoms with E-state index in [-0.39, 0.29) is 0 Å². The first-order valence-electron chi connectivity index (χ1n) is 4.54. The molecule has 0 bridgehead atoms. The molecule has 0 aromatic heterocycles. The fraction of sp³-hybridized carbons (Fsp3) is 1.00. The molecule has 0 heterocycles. The predicted molar refractivity (Wildman–Crippen MR) is 58.4 cm³/mol. The molecule has 0 aliphatic heterocycles. The molecule has 2 nitrogen and oxygen atoms in total. The van der Waals surface area contributed by atoms with Crippen molar-refractivity contribution < 1.29 is 0 Å². The van der Waals surface area contributed by atoms with Crippen molar-refractivity contribution in [2.45, 2.75) is 58.2 Å². The lowest BCUT2D eigenvalue weighted by Gasteiger charge is -2.48. The zero-order chi connectivity index (χ0) is 10.2. The SMILES string of the molecule is CC(C)(C)[Si](C)(NN)C(C)(C)C. The first-order chi connectivity index (χ1) is 5.06. The van der Waals surface area contributed by atoms with Crippen LogP contribution in [0, 0.1) is 0 Å². The normalized spacial score (nSPS) is 15.0. The second kappa shape index (κ2) is 3.12. The first kappa shape index (κ1) is 12.1. The number of rotatable bonds is 1. The summed E-state index contributed by atoms with van der Waals surface area (Å²) >= 11 is 0. The highest BCUT2D eigenvalue weighted by Gasteiger charge is 2.48. The van der Waals surface area contributed by atoms with Crippen molar-refractivity contribution in [3.05, 3.63) is 0 Å². The van der Waals surface area contributed by atoms with Gasteiger partial charge in [-0.05, 0) is 10.1 Å². The van der Waals surface area contributed by atoms with Crippen LogP contribution < -0.4 is 10.9 Å². The number of hydrogen-bond acceptors (Lipinski definition) is 2. The molecule has 3 heteroatoms. The van der Waals surface area contributed by atoms with Crippen LogP contribution in [0.25, 0.3) is 0 Å². The molecule has 74 valence electrons. The maximum Gasteiger partial charge on any atom is 0.148 e. The van der Waals surface area contributed by atoms with Gasteiger partial charge in [0.2, 0.25) is 0 Å². The number of hydrazine groups is 1. The molecule has 0 aliphatic carbocycles. The van der Waals surface area contributed by atoms with Gasteiger partial charge in [-0.2, -0.15) is 0 Å². The second-order valence-electron chi connectivity index (χ2n) is 5.77. The van der Waals surface area contributed by atoms with E-state index < -0.39 is 8.24 Å². The molecule has 0 atom stereocenters. The smallest absolute Gasteiger partial charge is 0.148 e. The monoisotopic (exact) mass is 188 g/mol. The van der Waals surface area contributed by atoms with Crippen LogP contribution in [-0.4, -0.2) is 8.24 Å². The summed E-state index contributed by atoms with van der Waals surface area (Å²) < 4.78 is 0. The molecular formula is C9H24N2Si. The van der Waals surface area contributed by atoms with E-state index in [1.165, 1.54) is 0 Å². The van der Waals surface area contributed by atoms with Crippen molar-refractivity contribution >= 4 is 8.24 Å². The average molecular weight is 188 g/mol. The van der Waals surface area contributed by atoms with Crippen molar-refractivity contribution in [2.24, 2.45) is 5.84 Å². The van der Waals surface area contributed by atoms with E-state index in [9.17, 15) is 0 Å². The average Bonchev–Trinajstić information content (AvgIpc) is 1.81. The van der Waals surface area contributed by atoms with Crippen LogP contribution in [0.5, 0.6) is 0 Å². The van der Waals surface area contributed by atoms with Crippen molar-refractivity contribution in [3.63, 3.8) is 0 Å². The van der Waals surface area contributed by atoms with Gasteiger partial charge in [0, 0.05) is 0 Å². The Morgan fingerprint density at radius 3 is 1.17 bits per heavy atom. The Hall–Kier alpha value is 0.137. The molecule has 12 heavy (non-hydrogen) atoms. The standard InChI is InChI=1S/C9H24N2Si/c1-8(2,3)12(7,11-10)9(4,5)6/h11H,10H2,1-7H3. The van der Waals surface area contributed by atoms with E-state index in [2.05, 4.69) is 53.2 Å². The molecule has 0 amide bonds. The molecule has 0 aromatic rings. The van der Waals surface area contributed by atoms with E-state index >= 15 is 0 Å². The van der Waals surface area contributed by atoms with E-state index in [0.717, 1.165) is 0 Å². The van der Waals surface area contributed by atoms with E-state index in [1.807, 2.05) is 0 Å². The lowest BCUT2D eigenvalue weighted by atomic mass is 10.2.